The Labute approximate surface area is 122 Å². The lowest BCUT2D eigenvalue weighted by atomic mass is 9.82. The third kappa shape index (κ3) is 2.81. The molecule has 1 aromatic heterocycles. The van der Waals surface area contributed by atoms with E-state index in [9.17, 15) is 0 Å². The Morgan fingerprint density at radius 2 is 2.10 bits per heavy atom. The summed E-state index contributed by atoms with van der Waals surface area (Å²) in [5.41, 5.74) is 8.38. The third-order valence-corrected chi connectivity index (χ3v) is 4.69. The van der Waals surface area contributed by atoms with Crippen molar-refractivity contribution in [2.75, 3.05) is 26.4 Å². The highest BCUT2D eigenvalue weighted by Gasteiger charge is 2.44. The van der Waals surface area contributed by atoms with Gasteiger partial charge >= 0.3 is 0 Å². The van der Waals surface area contributed by atoms with Crippen LogP contribution in [0.5, 0.6) is 0 Å². The Kier molecular flexibility index (Phi) is 5.00. The molecular weight excluding hydrogens is 248 g/mol. The predicted octanol–water partition coefficient (Wildman–Crippen LogP) is 2.58. The lowest BCUT2D eigenvalue weighted by Gasteiger charge is -2.44. The molecular formula is C16H28N4. The molecule has 0 radical (unpaired) electrons. The molecule has 1 unspecified atom stereocenters. The summed E-state index contributed by atoms with van der Waals surface area (Å²) in [7, 11) is 4.39. The van der Waals surface area contributed by atoms with E-state index in [1.807, 2.05) is 12.3 Å². The van der Waals surface area contributed by atoms with E-state index in [0.717, 1.165) is 24.2 Å². The van der Waals surface area contributed by atoms with Gasteiger partial charge in [-0.1, -0.05) is 19.8 Å². The summed E-state index contributed by atoms with van der Waals surface area (Å²) in [5, 5.41) is 3.73. The molecule has 1 atom stereocenters. The number of likely N-dealkylation sites (N-methyl/N-ethyl adjacent to an activating group) is 1. The largest absolute Gasteiger partial charge is 0.398 e. The quantitative estimate of drug-likeness (QED) is 0.838. The van der Waals surface area contributed by atoms with Crippen molar-refractivity contribution in [1.82, 2.24) is 15.2 Å². The first kappa shape index (κ1) is 15.3. The number of anilines is 1. The zero-order chi connectivity index (χ0) is 14.6. The normalized spacial score (nSPS) is 19.4. The highest BCUT2D eigenvalue weighted by Crippen LogP contribution is 2.44. The SMILES string of the molecule is CCCNC(c1cnccc1N)C1(N(C)C)CCCC1. The maximum Gasteiger partial charge on any atom is 0.0542 e. The Bertz CT molecular complexity index is 424. The molecule has 0 aromatic carbocycles. The topological polar surface area (TPSA) is 54.2 Å². The highest BCUT2D eigenvalue weighted by molar-refractivity contribution is 5.47. The predicted molar refractivity (Wildman–Crippen MR) is 84.6 cm³/mol. The molecule has 112 valence electrons. The zero-order valence-electron chi connectivity index (χ0n) is 13.0. The Hall–Kier alpha value is -1.13. The second kappa shape index (κ2) is 6.55. The van der Waals surface area contributed by atoms with Gasteiger partial charge in [0.1, 0.15) is 0 Å². The molecule has 1 aliphatic carbocycles. The Morgan fingerprint density at radius 3 is 2.65 bits per heavy atom. The molecule has 1 aliphatic rings. The molecule has 0 aliphatic heterocycles. The van der Waals surface area contributed by atoms with Crippen LogP contribution < -0.4 is 11.1 Å². The van der Waals surface area contributed by atoms with Crippen molar-refractivity contribution in [2.45, 2.75) is 50.6 Å². The average molecular weight is 276 g/mol. The molecule has 0 amide bonds. The molecule has 1 saturated carbocycles. The molecule has 1 heterocycles. The van der Waals surface area contributed by atoms with Gasteiger partial charge in [0.2, 0.25) is 0 Å². The van der Waals surface area contributed by atoms with Gasteiger partial charge in [-0.3, -0.25) is 4.98 Å². The second-order valence-electron chi connectivity index (χ2n) is 6.10. The summed E-state index contributed by atoms with van der Waals surface area (Å²) in [5.74, 6) is 0. The van der Waals surface area contributed by atoms with Crippen molar-refractivity contribution in [2.24, 2.45) is 0 Å². The molecule has 1 aromatic rings. The number of aromatic nitrogens is 1. The van der Waals surface area contributed by atoms with Crippen LogP contribution in [0.2, 0.25) is 0 Å². The van der Waals surface area contributed by atoms with Crippen LogP contribution in [0.1, 0.15) is 50.6 Å². The fourth-order valence-electron chi connectivity index (χ4n) is 3.52. The number of hydrogen-bond donors (Lipinski definition) is 2. The van der Waals surface area contributed by atoms with E-state index in [1.54, 1.807) is 6.20 Å². The van der Waals surface area contributed by atoms with Crippen LogP contribution in [0, 0.1) is 0 Å². The minimum atomic E-state index is 0.159. The van der Waals surface area contributed by atoms with Gasteiger partial charge in [0.15, 0.2) is 0 Å². The number of rotatable bonds is 6. The third-order valence-electron chi connectivity index (χ3n) is 4.69. The van der Waals surface area contributed by atoms with Gasteiger partial charge < -0.3 is 16.0 Å². The van der Waals surface area contributed by atoms with E-state index in [1.165, 1.54) is 25.7 Å². The molecule has 2 rings (SSSR count). The van der Waals surface area contributed by atoms with Crippen LogP contribution >= 0.6 is 0 Å². The maximum atomic E-state index is 6.22. The minimum absolute atomic E-state index is 0.159. The van der Waals surface area contributed by atoms with E-state index < -0.39 is 0 Å². The van der Waals surface area contributed by atoms with Crippen molar-refractivity contribution in [3.8, 4) is 0 Å². The summed E-state index contributed by atoms with van der Waals surface area (Å²) < 4.78 is 0. The average Bonchev–Trinajstić information content (AvgIpc) is 2.92. The van der Waals surface area contributed by atoms with Gasteiger partial charge in [0, 0.05) is 29.2 Å². The van der Waals surface area contributed by atoms with Crippen LogP contribution in [-0.2, 0) is 0 Å². The first-order chi connectivity index (χ1) is 9.62. The van der Waals surface area contributed by atoms with Crippen molar-refractivity contribution in [3.05, 3.63) is 24.0 Å². The first-order valence-electron chi connectivity index (χ1n) is 7.72. The monoisotopic (exact) mass is 276 g/mol. The molecule has 20 heavy (non-hydrogen) atoms. The molecule has 0 saturated heterocycles. The van der Waals surface area contributed by atoms with E-state index in [4.69, 9.17) is 5.73 Å². The van der Waals surface area contributed by atoms with Gasteiger partial charge in [0.05, 0.1) is 6.04 Å². The zero-order valence-corrected chi connectivity index (χ0v) is 13.0. The highest BCUT2D eigenvalue weighted by atomic mass is 15.2. The van der Waals surface area contributed by atoms with E-state index >= 15 is 0 Å². The van der Waals surface area contributed by atoms with E-state index in [-0.39, 0.29) is 11.6 Å². The lowest BCUT2D eigenvalue weighted by Crippen LogP contribution is -2.52. The summed E-state index contributed by atoms with van der Waals surface area (Å²) in [6.07, 6.45) is 9.86. The van der Waals surface area contributed by atoms with E-state index in [2.05, 4.69) is 36.2 Å². The summed E-state index contributed by atoms with van der Waals surface area (Å²) in [4.78, 5) is 6.69. The van der Waals surface area contributed by atoms with Gasteiger partial charge in [-0.25, -0.2) is 0 Å². The number of hydrogen-bond acceptors (Lipinski definition) is 4. The molecule has 0 spiro atoms. The van der Waals surface area contributed by atoms with Crippen LogP contribution in [0.4, 0.5) is 5.69 Å². The number of nitrogens with two attached hydrogens (primary N) is 1. The molecule has 3 N–H and O–H groups in total. The number of pyridine rings is 1. The van der Waals surface area contributed by atoms with Crippen molar-refractivity contribution >= 4 is 5.69 Å². The summed E-state index contributed by atoms with van der Waals surface area (Å²) in [6.45, 7) is 3.21. The van der Waals surface area contributed by atoms with Crippen molar-refractivity contribution < 1.29 is 0 Å². The molecule has 4 nitrogen and oxygen atoms in total. The molecule has 4 heteroatoms. The van der Waals surface area contributed by atoms with Crippen LogP contribution in [0.15, 0.2) is 18.5 Å². The fourth-order valence-corrected chi connectivity index (χ4v) is 3.52. The van der Waals surface area contributed by atoms with E-state index in [0.29, 0.717) is 0 Å². The minimum Gasteiger partial charge on any atom is -0.398 e. The van der Waals surface area contributed by atoms with Gasteiger partial charge in [-0.15, -0.1) is 0 Å². The number of nitrogen functional groups attached to an aromatic ring is 1. The van der Waals surface area contributed by atoms with Crippen LogP contribution in [-0.4, -0.2) is 36.1 Å². The molecule has 0 bridgehead atoms. The van der Waals surface area contributed by atoms with Gasteiger partial charge in [-0.2, -0.15) is 0 Å². The summed E-state index contributed by atoms with van der Waals surface area (Å²) in [6, 6.07) is 2.17. The number of nitrogens with zero attached hydrogens (tertiary/aromatic N) is 2. The van der Waals surface area contributed by atoms with Crippen molar-refractivity contribution in [3.63, 3.8) is 0 Å². The number of nitrogens with one attached hydrogen (secondary N) is 1. The Balaban J connectivity index is 2.38. The second-order valence-corrected chi connectivity index (χ2v) is 6.10. The Morgan fingerprint density at radius 1 is 1.40 bits per heavy atom. The maximum absolute atomic E-state index is 6.22. The lowest BCUT2D eigenvalue weighted by molar-refractivity contribution is 0.105. The smallest absolute Gasteiger partial charge is 0.0542 e. The van der Waals surface area contributed by atoms with Crippen LogP contribution in [0.3, 0.4) is 0 Å². The fraction of sp³-hybridized carbons (Fsp3) is 0.688. The first-order valence-corrected chi connectivity index (χ1v) is 7.72. The van der Waals surface area contributed by atoms with Gasteiger partial charge in [-0.05, 0) is 46.0 Å². The van der Waals surface area contributed by atoms with Gasteiger partial charge in [0.25, 0.3) is 0 Å². The van der Waals surface area contributed by atoms with Crippen molar-refractivity contribution in [1.29, 1.82) is 0 Å². The summed E-state index contributed by atoms with van der Waals surface area (Å²) >= 11 is 0. The van der Waals surface area contributed by atoms with Crippen LogP contribution in [0.25, 0.3) is 0 Å². The molecule has 1 fully saturated rings. The standard InChI is InChI=1S/C16H28N4/c1-4-10-19-15(13-12-18-11-7-14(13)17)16(20(2)3)8-5-6-9-16/h7,11-12,15,19H,4-6,8-10H2,1-3H3,(H2,17,18).